The second-order valence-corrected chi connectivity index (χ2v) is 5.30. The van der Waals surface area contributed by atoms with Gasteiger partial charge in [0.2, 0.25) is 0 Å². The minimum absolute atomic E-state index is 0.0158. The number of benzene rings is 1. The molecule has 1 fully saturated rings. The number of hydrogen-bond donors (Lipinski definition) is 1. The Morgan fingerprint density at radius 2 is 1.89 bits per heavy atom. The molecule has 0 unspecified atom stereocenters. The smallest absolute Gasteiger partial charge is 0.163 e. The van der Waals surface area contributed by atoms with Crippen LogP contribution in [0.1, 0.15) is 25.8 Å². The average Bonchev–Trinajstić information content (AvgIpc) is 2.38. The molecule has 106 valence electrons. The summed E-state index contributed by atoms with van der Waals surface area (Å²) in [4.78, 5) is 0. The van der Waals surface area contributed by atoms with E-state index in [1.54, 1.807) is 0 Å². The standard InChI is InChI=1S/C15H22O4/c1-15(2)18-13(9-16)8-14(19-15)11-17-10-12-6-4-3-5-7-12/h3-7,13-14,16H,8-11H2,1-2H3/t13-,14-/m1/s1. The molecule has 2 rings (SSSR count). The maximum atomic E-state index is 9.22. The van der Waals surface area contributed by atoms with Crippen molar-refractivity contribution in [2.75, 3.05) is 13.2 Å². The quantitative estimate of drug-likeness (QED) is 0.886. The molecule has 2 atom stereocenters. The van der Waals surface area contributed by atoms with Crippen LogP contribution in [0.4, 0.5) is 0 Å². The molecule has 0 radical (unpaired) electrons. The van der Waals surface area contributed by atoms with Crippen LogP contribution in [-0.2, 0) is 20.8 Å². The van der Waals surface area contributed by atoms with Crippen LogP contribution in [0.15, 0.2) is 30.3 Å². The normalized spacial score (nSPS) is 26.3. The van der Waals surface area contributed by atoms with Gasteiger partial charge in [-0.1, -0.05) is 30.3 Å². The summed E-state index contributed by atoms with van der Waals surface area (Å²) in [6.07, 6.45) is 0.452. The van der Waals surface area contributed by atoms with E-state index in [-0.39, 0.29) is 18.8 Å². The van der Waals surface area contributed by atoms with Crippen molar-refractivity contribution in [3.05, 3.63) is 35.9 Å². The molecule has 0 spiro atoms. The monoisotopic (exact) mass is 266 g/mol. The predicted octanol–water partition coefficient (Wildman–Crippen LogP) is 2.11. The van der Waals surface area contributed by atoms with Gasteiger partial charge in [-0.3, -0.25) is 0 Å². The molecule has 0 aliphatic carbocycles. The third-order valence-corrected chi connectivity index (χ3v) is 3.05. The Bertz CT molecular complexity index is 377. The summed E-state index contributed by atoms with van der Waals surface area (Å²) in [5, 5.41) is 9.22. The van der Waals surface area contributed by atoms with Gasteiger partial charge < -0.3 is 19.3 Å². The molecule has 0 bridgehead atoms. The Balaban J connectivity index is 1.79. The first-order chi connectivity index (χ1) is 9.09. The van der Waals surface area contributed by atoms with E-state index < -0.39 is 5.79 Å². The fourth-order valence-electron chi connectivity index (χ4n) is 2.32. The van der Waals surface area contributed by atoms with Crippen LogP contribution in [-0.4, -0.2) is 36.3 Å². The number of aliphatic hydroxyl groups excluding tert-OH is 1. The van der Waals surface area contributed by atoms with E-state index in [1.807, 2.05) is 44.2 Å². The van der Waals surface area contributed by atoms with Crippen LogP contribution in [0.25, 0.3) is 0 Å². The van der Waals surface area contributed by atoms with Crippen LogP contribution in [0.3, 0.4) is 0 Å². The molecule has 1 aromatic rings. The van der Waals surface area contributed by atoms with E-state index in [0.717, 1.165) is 5.56 Å². The van der Waals surface area contributed by atoms with Crippen LogP contribution in [0, 0.1) is 0 Å². The van der Waals surface area contributed by atoms with Gasteiger partial charge in [0, 0.05) is 6.42 Å². The lowest BCUT2D eigenvalue weighted by atomic mass is 10.1. The van der Waals surface area contributed by atoms with Crippen LogP contribution in [0.5, 0.6) is 0 Å². The highest BCUT2D eigenvalue weighted by molar-refractivity contribution is 5.13. The lowest BCUT2D eigenvalue weighted by Gasteiger charge is -2.40. The van der Waals surface area contributed by atoms with Gasteiger partial charge >= 0.3 is 0 Å². The first-order valence-corrected chi connectivity index (χ1v) is 6.67. The molecule has 4 nitrogen and oxygen atoms in total. The minimum Gasteiger partial charge on any atom is -0.394 e. The number of hydrogen-bond acceptors (Lipinski definition) is 4. The second-order valence-electron chi connectivity index (χ2n) is 5.30. The first-order valence-electron chi connectivity index (χ1n) is 6.67. The van der Waals surface area contributed by atoms with Crippen molar-refractivity contribution < 1.29 is 19.3 Å². The Kier molecular flexibility index (Phi) is 4.93. The number of ether oxygens (including phenoxy) is 3. The van der Waals surface area contributed by atoms with Gasteiger partial charge in [0.1, 0.15) is 0 Å². The zero-order valence-electron chi connectivity index (χ0n) is 11.5. The van der Waals surface area contributed by atoms with E-state index in [2.05, 4.69) is 0 Å². The molecule has 1 aliphatic rings. The van der Waals surface area contributed by atoms with Gasteiger partial charge in [-0.05, 0) is 19.4 Å². The summed E-state index contributed by atoms with van der Waals surface area (Å²) >= 11 is 0. The Hall–Kier alpha value is -0.940. The van der Waals surface area contributed by atoms with Crippen molar-refractivity contribution in [2.24, 2.45) is 0 Å². The van der Waals surface area contributed by atoms with Gasteiger partial charge in [-0.2, -0.15) is 0 Å². The van der Waals surface area contributed by atoms with Gasteiger partial charge in [0.25, 0.3) is 0 Å². The molecule has 1 aromatic carbocycles. The van der Waals surface area contributed by atoms with Crippen molar-refractivity contribution in [1.29, 1.82) is 0 Å². The molecule has 0 amide bonds. The highest BCUT2D eigenvalue weighted by atomic mass is 16.7. The summed E-state index contributed by atoms with van der Waals surface area (Å²) in [6.45, 7) is 4.82. The van der Waals surface area contributed by atoms with Crippen LogP contribution < -0.4 is 0 Å². The van der Waals surface area contributed by atoms with Crippen molar-refractivity contribution in [2.45, 2.75) is 44.9 Å². The first kappa shape index (κ1) is 14.5. The zero-order chi connectivity index (χ0) is 13.7. The van der Waals surface area contributed by atoms with E-state index in [0.29, 0.717) is 19.6 Å². The van der Waals surface area contributed by atoms with E-state index in [4.69, 9.17) is 14.2 Å². The van der Waals surface area contributed by atoms with Gasteiger partial charge in [-0.25, -0.2) is 0 Å². The fraction of sp³-hybridized carbons (Fsp3) is 0.600. The maximum Gasteiger partial charge on any atom is 0.163 e. The van der Waals surface area contributed by atoms with E-state index in [1.165, 1.54) is 0 Å². The fourth-order valence-corrected chi connectivity index (χ4v) is 2.32. The molecule has 1 aliphatic heterocycles. The zero-order valence-corrected chi connectivity index (χ0v) is 11.5. The lowest BCUT2D eigenvalue weighted by Crippen LogP contribution is -2.47. The molecule has 0 aromatic heterocycles. The SMILES string of the molecule is CC1(C)O[C@@H](CO)C[C@H](COCc2ccccc2)O1. The largest absolute Gasteiger partial charge is 0.394 e. The summed E-state index contributed by atoms with van der Waals surface area (Å²) in [7, 11) is 0. The van der Waals surface area contributed by atoms with Crippen LogP contribution in [0.2, 0.25) is 0 Å². The predicted molar refractivity (Wildman–Crippen MR) is 71.6 cm³/mol. The van der Waals surface area contributed by atoms with Crippen molar-refractivity contribution in [3.8, 4) is 0 Å². The highest BCUT2D eigenvalue weighted by Crippen LogP contribution is 2.26. The topological polar surface area (TPSA) is 47.9 Å². The molecule has 1 heterocycles. The molecule has 19 heavy (non-hydrogen) atoms. The van der Waals surface area contributed by atoms with Gasteiger partial charge in [-0.15, -0.1) is 0 Å². The van der Waals surface area contributed by atoms with Gasteiger partial charge in [0.15, 0.2) is 5.79 Å². The average molecular weight is 266 g/mol. The van der Waals surface area contributed by atoms with E-state index >= 15 is 0 Å². The van der Waals surface area contributed by atoms with E-state index in [9.17, 15) is 5.11 Å². The molecule has 1 saturated heterocycles. The summed E-state index contributed by atoms with van der Waals surface area (Å²) in [6, 6.07) is 10.0. The molecular weight excluding hydrogens is 244 g/mol. The summed E-state index contributed by atoms with van der Waals surface area (Å²) in [5.74, 6) is -0.660. The van der Waals surface area contributed by atoms with Gasteiger partial charge in [0.05, 0.1) is 32.0 Å². The summed E-state index contributed by atoms with van der Waals surface area (Å²) in [5.41, 5.74) is 1.15. The Labute approximate surface area is 114 Å². The second kappa shape index (κ2) is 6.48. The van der Waals surface area contributed by atoms with Crippen LogP contribution >= 0.6 is 0 Å². The number of rotatable bonds is 5. The molecule has 0 saturated carbocycles. The van der Waals surface area contributed by atoms with Crippen molar-refractivity contribution >= 4 is 0 Å². The third kappa shape index (κ3) is 4.58. The minimum atomic E-state index is -0.660. The third-order valence-electron chi connectivity index (χ3n) is 3.05. The maximum absolute atomic E-state index is 9.22. The number of aliphatic hydroxyl groups is 1. The Morgan fingerprint density at radius 1 is 1.21 bits per heavy atom. The highest BCUT2D eigenvalue weighted by Gasteiger charge is 2.35. The van der Waals surface area contributed by atoms with Crippen molar-refractivity contribution in [3.63, 3.8) is 0 Å². The Morgan fingerprint density at radius 3 is 2.58 bits per heavy atom. The molecule has 1 N–H and O–H groups in total. The summed E-state index contributed by atoms with van der Waals surface area (Å²) < 4.78 is 17.1. The lowest BCUT2D eigenvalue weighted by molar-refractivity contribution is -0.309. The molecule has 4 heteroatoms. The molecular formula is C15H22O4. The van der Waals surface area contributed by atoms with Crippen molar-refractivity contribution in [1.82, 2.24) is 0 Å².